The third-order valence-electron chi connectivity index (χ3n) is 10.4. The second-order valence-electron chi connectivity index (χ2n) is 14.8. The third-order valence-corrected chi connectivity index (χ3v) is 10.4. The van der Waals surface area contributed by atoms with Crippen LogP contribution < -0.4 is 27.0 Å². The molecule has 2 atom stereocenters. The predicted octanol–water partition coefficient (Wildman–Crippen LogP) is 4.25. The highest BCUT2D eigenvalue weighted by molar-refractivity contribution is 5.98. The van der Waals surface area contributed by atoms with Crippen LogP contribution in [0.4, 0.5) is 11.4 Å². The molecule has 7 N–H and O–H groups in total. The number of anilines is 2. The summed E-state index contributed by atoms with van der Waals surface area (Å²) in [6.07, 6.45) is 1.09. The number of rotatable bonds is 4. The van der Waals surface area contributed by atoms with Crippen molar-refractivity contribution >= 4 is 34.9 Å². The van der Waals surface area contributed by atoms with Gasteiger partial charge in [-0.25, -0.2) is 0 Å². The normalized spacial score (nSPS) is 23.7. The lowest BCUT2D eigenvalue weighted by Crippen LogP contribution is -2.64. The fourth-order valence-electron chi connectivity index (χ4n) is 6.53. The van der Waals surface area contributed by atoms with E-state index in [9.17, 15) is 14.4 Å². The highest BCUT2D eigenvalue weighted by Gasteiger charge is 2.41. The quantitative estimate of drug-likeness (QED) is 0.177. The molecule has 1 saturated heterocycles. The first-order chi connectivity index (χ1) is 24.1. The Morgan fingerprint density at radius 3 is 1.71 bits per heavy atom. The van der Waals surface area contributed by atoms with Crippen LogP contribution in [0.3, 0.4) is 0 Å². The molecular formula is C40H52N8O3. The van der Waals surface area contributed by atoms with Crippen molar-refractivity contribution in [2.75, 3.05) is 36.8 Å². The number of nitrogens with two attached hydrogens (primary N) is 1. The second kappa shape index (κ2) is 15.5. The molecule has 0 saturated carbocycles. The molecule has 3 aromatic carbocycles. The van der Waals surface area contributed by atoms with E-state index in [1.54, 1.807) is 12.1 Å². The zero-order valence-electron chi connectivity index (χ0n) is 30.4. The Balaban J connectivity index is 1.38. The minimum Gasteiger partial charge on any atom is -0.384 e. The molecule has 6 bridgehead atoms. The van der Waals surface area contributed by atoms with Gasteiger partial charge in [0.2, 0.25) is 17.7 Å². The minimum absolute atomic E-state index is 0.00366. The molecule has 6 heterocycles. The van der Waals surface area contributed by atoms with Gasteiger partial charge < -0.3 is 27.0 Å². The number of hydrogen-bond donors (Lipinski definition) is 6. The van der Waals surface area contributed by atoms with E-state index >= 15 is 0 Å². The van der Waals surface area contributed by atoms with Crippen LogP contribution in [0, 0.1) is 11.3 Å². The summed E-state index contributed by atoms with van der Waals surface area (Å²) in [6.45, 7) is 17.0. The van der Waals surface area contributed by atoms with Gasteiger partial charge in [0, 0.05) is 61.8 Å². The van der Waals surface area contributed by atoms with E-state index in [2.05, 4.69) is 44.6 Å². The largest absolute Gasteiger partial charge is 0.384 e. The number of allylic oxidation sites excluding steroid dienone is 1. The van der Waals surface area contributed by atoms with Gasteiger partial charge in [-0.2, -0.15) is 0 Å². The summed E-state index contributed by atoms with van der Waals surface area (Å²) in [5, 5.41) is 20.3. The molecule has 0 unspecified atom stereocenters. The summed E-state index contributed by atoms with van der Waals surface area (Å²) in [4.78, 5) is 45.1. The van der Waals surface area contributed by atoms with Crippen LogP contribution in [-0.2, 0) is 33.8 Å². The molecule has 0 spiro atoms. The number of carbonyl (C=O) groups is 3. The lowest BCUT2D eigenvalue weighted by Gasteiger charge is -2.47. The van der Waals surface area contributed by atoms with E-state index in [-0.39, 0.29) is 29.5 Å². The van der Waals surface area contributed by atoms with Crippen LogP contribution in [0.15, 0.2) is 85.1 Å². The van der Waals surface area contributed by atoms with Gasteiger partial charge >= 0.3 is 0 Å². The number of benzene rings is 3. The summed E-state index contributed by atoms with van der Waals surface area (Å²) >= 11 is 0. The van der Waals surface area contributed by atoms with Crippen molar-refractivity contribution in [3.63, 3.8) is 0 Å². The van der Waals surface area contributed by atoms with Gasteiger partial charge in [0.25, 0.3) is 0 Å². The summed E-state index contributed by atoms with van der Waals surface area (Å²) in [6, 6.07) is 22.1. The Morgan fingerprint density at radius 1 is 0.804 bits per heavy atom. The summed E-state index contributed by atoms with van der Waals surface area (Å²) in [5.74, 6) is -0.376. The summed E-state index contributed by atoms with van der Waals surface area (Å²) < 4.78 is 0. The first-order valence-corrected chi connectivity index (χ1v) is 17.6. The van der Waals surface area contributed by atoms with E-state index in [1.165, 1.54) is 0 Å². The fourth-order valence-corrected chi connectivity index (χ4v) is 6.53. The van der Waals surface area contributed by atoms with Gasteiger partial charge in [-0.1, -0.05) is 62.0 Å². The smallest absolute Gasteiger partial charge is 0.244 e. The number of carbonyl (C=O) groups excluding carboxylic acids is 3. The molecular weight excluding hydrogens is 640 g/mol. The maximum atomic E-state index is 13.7. The monoisotopic (exact) mass is 692 g/mol. The highest BCUT2D eigenvalue weighted by atomic mass is 16.2. The lowest BCUT2D eigenvalue weighted by molar-refractivity contribution is -0.132. The van der Waals surface area contributed by atoms with Gasteiger partial charge in [0.15, 0.2) is 0 Å². The van der Waals surface area contributed by atoms with E-state index in [0.717, 1.165) is 28.1 Å². The standard InChI is InChI=1S/C40H52N8O3/c1-26-23-28-9-15-32(16-10-28)45-37(50)39(3,4)47-19-21-48(22-20-47)40(5,6)38(51)46-33-17-11-29(12-18-33)24-34(44-27(26)2)36(49)43-25-30-7-13-31(14-8-30)35(41)42/h7-18,26,34,44H,2,19-25H2,1,3-6H3,(H3,41,42)(H,43,49)(H,45,50)(H,46,51)/t26-,34+/m1/s1. The van der Waals surface area contributed by atoms with Crippen molar-refractivity contribution < 1.29 is 14.4 Å². The molecule has 0 aliphatic carbocycles. The van der Waals surface area contributed by atoms with Gasteiger partial charge in [0.05, 0.1) is 11.1 Å². The van der Waals surface area contributed by atoms with E-state index in [0.29, 0.717) is 56.8 Å². The van der Waals surface area contributed by atoms with E-state index < -0.39 is 17.1 Å². The molecule has 6 aliphatic heterocycles. The average Bonchev–Trinajstić information content (AvgIpc) is 3.11. The number of nitrogen functional groups attached to an aromatic ring is 1. The zero-order valence-corrected chi connectivity index (χ0v) is 30.4. The molecule has 3 aromatic rings. The number of amidine groups is 1. The Bertz CT molecular complexity index is 1740. The Morgan fingerprint density at radius 2 is 1.25 bits per heavy atom. The van der Waals surface area contributed by atoms with E-state index in [1.807, 2.05) is 88.4 Å². The molecule has 11 nitrogen and oxygen atoms in total. The van der Waals surface area contributed by atoms with E-state index in [4.69, 9.17) is 11.1 Å². The van der Waals surface area contributed by atoms with Crippen LogP contribution in [0.25, 0.3) is 0 Å². The first-order valence-electron chi connectivity index (χ1n) is 17.6. The molecule has 0 radical (unpaired) electrons. The Hall–Kier alpha value is -5.00. The Labute approximate surface area is 301 Å². The molecule has 51 heavy (non-hydrogen) atoms. The van der Waals surface area contributed by atoms with Crippen LogP contribution in [-0.4, -0.2) is 76.7 Å². The molecule has 9 rings (SSSR count). The van der Waals surface area contributed by atoms with Crippen molar-refractivity contribution in [2.24, 2.45) is 11.7 Å². The van der Waals surface area contributed by atoms with Crippen LogP contribution in [0.2, 0.25) is 0 Å². The molecule has 6 aliphatic rings. The van der Waals surface area contributed by atoms with Crippen LogP contribution in [0.1, 0.15) is 56.9 Å². The molecule has 0 aromatic heterocycles. The summed E-state index contributed by atoms with van der Waals surface area (Å²) in [5.41, 5.74) is 9.74. The molecule has 270 valence electrons. The SMILES string of the molecule is C=C1N[C@H](C(=O)NCc2ccc(C(=N)N)cc2)Cc2ccc(cc2)NC(=O)C(C)(C)N2CCN(CC2)C(C)(C)C(=O)Nc2ccc(cc2)C[C@H]1C. The van der Waals surface area contributed by atoms with Crippen molar-refractivity contribution in [3.05, 3.63) is 107 Å². The zero-order chi connectivity index (χ0) is 36.9. The van der Waals surface area contributed by atoms with Crippen molar-refractivity contribution in [1.29, 1.82) is 5.41 Å². The average molecular weight is 693 g/mol. The minimum atomic E-state index is -0.775. The van der Waals surface area contributed by atoms with Gasteiger partial charge in [-0.05, 0) is 81.0 Å². The van der Waals surface area contributed by atoms with Crippen molar-refractivity contribution in [3.8, 4) is 0 Å². The lowest BCUT2D eigenvalue weighted by atomic mass is 9.95. The third kappa shape index (κ3) is 9.03. The topological polar surface area (TPSA) is 156 Å². The maximum absolute atomic E-state index is 13.7. The molecule has 1 fully saturated rings. The maximum Gasteiger partial charge on any atom is 0.244 e. The first kappa shape index (κ1) is 37.3. The van der Waals surface area contributed by atoms with Crippen molar-refractivity contribution in [1.82, 2.24) is 20.4 Å². The van der Waals surface area contributed by atoms with Gasteiger partial charge in [-0.15, -0.1) is 0 Å². The predicted molar refractivity (Wildman–Crippen MR) is 203 cm³/mol. The summed E-state index contributed by atoms with van der Waals surface area (Å²) in [7, 11) is 0. The second-order valence-corrected chi connectivity index (χ2v) is 14.8. The number of hydrogen-bond acceptors (Lipinski definition) is 7. The molecule has 3 amide bonds. The number of amides is 3. The van der Waals surface area contributed by atoms with Crippen LogP contribution in [0.5, 0.6) is 0 Å². The van der Waals surface area contributed by atoms with Gasteiger partial charge in [0.1, 0.15) is 11.9 Å². The number of fused-ring (bicyclic) bond motifs is 1. The van der Waals surface area contributed by atoms with Crippen LogP contribution >= 0.6 is 0 Å². The molecule has 11 heteroatoms. The number of nitrogens with zero attached hydrogens (tertiary/aromatic N) is 2. The highest BCUT2D eigenvalue weighted by Crippen LogP contribution is 2.26. The number of nitrogens with one attached hydrogen (secondary N) is 5. The van der Waals surface area contributed by atoms with Crippen molar-refractivity contribution in [2.45, 2.75) is 71.1 Å². The van der Waals surface area contributed by atoms with Gasteiger partial charge in [-0.3, -0.25) is 29.6 Å². The Kier molecular flexibility index (Phi) is 11.3. The fraction of sp³-hybridized carbons (Fsp3) is 0.400. The number of piperazine rings is 1.